The molecule has 6 amide bonds. The van der Waals surface area contributed by atoms with Crippen molar-refractivity contribution in [1.29, 1.82) is 0 Å². The summed E-state index contributed by atoms with van der Waals surface area (Å²) >= 11 is 0. The number of amides is 6. The lowest BCUT2D eigenvalue weighted by Gasteiger charge is -2.40. The summed E-state index contributed by atoms with van der Waals surface area (Å²) < 4.78 is 1.01. The average Bonchev–Trinajstić information content (AvgIpc) is 3.52. The Hall–Kier alpha value is -11.3. The van der Waals surface area contributed by atoms with Crippen LogP contribution in [0, 0.1) is 0 Å². The quantitative estimate of drug-likeness (QED) is 0.0997. The van der Waals surface area contributed by atoms with E-state index in [9.17, 15) is 0 Å². The van der Waals surface area contributed by atoms with Crippen LogP contribution < -0.4 is 41.6 Å². The first-order chi connectivity index (χ1) is 39.1. The van der Waals surface area contributed by atoms with Crippen LogP contribution in [0.2, 0.25) is 0 Å². The number of hydrogen-bond acceptors (Lipinski definition) is 11. The minimum absolute atomic E-state index is 0.0279. The van der Waals surface area contributed by atoms with Gasteiger partial charge in [0.2, 0.25) is 5.91 Å². The Bertz CT molecular complexity index is 4990. The summed E-state index contributed by atoms with van der Waals surface area (Å²) in [6.07, 6.45) is 1.50. The zero-order valence-electron chi connectivity index (χ0n) is 41.4. The largest absolute Gasteiger partial charge is 0.371 e. The van der Waals surface area contributed by atoms with E-state index in [1.807, 2.05) is 0 Å². The monoisotopic (exact) mass is 1040 g/mol. The molecule has 8 aromatic carbocycles. The maximum atomic E-state index is 16.2. The van der Waals surface area contributed by atoms with Crippen molar-refractivity contribution in [1.82, 2.24) is 14.5 Å². The number of carbonyl (C=O) groups excluding carboxylic acids is 6. The minimum Gasteiger partial charge on any atom is -0.371 e. The van der Waals surface area contributed by atoms with E-state index < -0.39 is 58.5 Å². The van der Waals surface area contributed by atoms with Gasteiger partial charge in [0.05, 0.1) is 95.5 Å². The summed E-state index contributed by atoms with van der Waals surface area (Å²) in [5.74, 6) is -6.14. The highest BCUT2D eigenvalue weighted by Crippen LogP contribution is 2.49. The number of aromatic nitrogens is 3. The van der Waals surface area contributed by atoms with Crippen LogP contribution in [0.3, 0.4) is 0 Å². The first kappa shape index (κ1) is 45.0. The van der Waals surface area contributed by atoms with E-state index in [2.05, 4.69) is 10.3 Å². The molecular formula is C64H34N8O8. The zero-order valence-corrected chi connectivity index (χ0v) is 41.4. The van der Waals surface area contributed by atoms with Gasteiger partial charge in [-0.25, -0.2) is 29.2 Å². The van der Waals surface area contributed by atoms with E-state index in [-0.39, 0.29) is 111 Å². The maximum absolute atomic E-state index is 16.2. The number of para-hydroxylation sites is 8. The first-order valence-corrected chi connectivity index (χ1v) is 25.7. The smallest absolute Gasteiger partial charge is 0.268 e. The summed E-state index contributed by atoms with van der Waals surface area (Å²) in [4.78, 5) is 143. The summed E-state index contributed by atoms with van der Waals surface area (Å²) in [7, 11) is 0. The third-order valence-electron chi connectivity index (χ3n) is 16.0. The summed E-state index contributed by atoms with van der Waals surface area (Å²) in [5.41, 5.74) is 0.712. The highest BCUT2D eigenvalue weighted by Gasteiger charge is 2.52. The molecule has 2 unspecified atom stereocenters. The normalized spacial score (nSPS) is 17.6. The van der Waals surface area contributed by atoms with Gasteiger partial charge in [-0.2, -0.15) is 0 Å². The van der Waals surface area contributed by atoms with Crippen molar-refractivity contribution >= 4 is 119 Å². The van der Waals surface area contributed by atoms with Crippen molar-refractivity contribution in [2.24, 2.45) is 4.99 Å². The van der Waals surface area contributed by atoms with Crippen molar-refractivity contribution in [3.05, 3.63) is 247 Å². The second-order valence-electron chi connectivity index (χ2n) is 20.1. The van der Waals surface area contributed by atoms with Crippen LogP contribution in [0.4, 0.5) is 28.4 Å². The molecule has 16 heteroatoms. The molecule has 0 saturated carbocycles. The van der Waals surface area contributed by atoms with Gasteiger partial charge < -0.3 is 10.3 Å². The Labute approximate surface area is 449 Å². The summed E-state index contributed by atoms with van der Waals surface area (Å²) in [5, 5.41) is 3.30. The molecular weight excluding hydrogens is 1010 g/mol. The van der Waals surface area contributed by atoms with Crippen LogP contribution in [-0.4, -0.2) is 61.7 Å². The highest BCUT2D eigenvalue weighted by atomic mass is 16.2. The first-order valence-electron chi connectivity index (χ1n) is 25.7. The molecule has 0 saturated heterocycles. The van der Waals surface area contributed by atoms with E-state index in [1.165, 1.54) is 12.1 Å². The van der Waals surface area contributed by atoms with Crippen molar-refractivity contribution < 1.29 is 28.8 Å². The minimum atomic E-state index is -1.45. The van der Waals surface area contributed by atoms with E-state index in [0.29, 0.717) is 22.4 Å². The van der Waals surface area contributed by atoms with E-state index in [0.717, 1.165) is 19.3 Å². The predicted molar refractivity (Wildman–Crippen MR) is 301 cm³/mol. The zero-order chi connectivity index (χ0) is 54.0. The lowest BCUT2D eigenvalue weighted by atomic mass is 9.72. The molecule has 16 rings (SSSR count). The van der Waals surface area contributed by atoms with Gasteiger partial charge in [0.1, 0.15) is 11.6 Å². The maximum Gasteiger partial charge on any atom is 0.268 e. The molecule has 10 aromatic rings. The van der Waals surface area contributed by atoms with Gasteiger partial charge in [-0.1, -0.05) is 103 Å². The molecule has 2 aromatic heterocycles. The van der Waals surface area contributed by atoms with Gasteiger partial charge in [-0.3, -0.25) is 38.4 Å². The number of benzene rings is 8. The number of H-pyrrole nitrogens is 1. The fourth-order valence-corrected chi connectivity index (χ4v) is 12.7. The molecule has 0 radical (unpaired) electrons. The Morgan fingerprint density at radius 3 is 1.76 bits per heavy atom. The van der Waals surface area contributed by atoms with Crippen LogP contribution >= 0.6 is 0 Å². The number of anilines is 4. The molecule has 2 aliphatic carbocycles. The van der Waals surface area contributed by atoms with Crippen molar-refractivity contribution in [2.45, 2.75) is 12.0 Å². The van der Waals surface area contributed by atoms with Crippen LogP contribution in [0.1, 0.15) is 53.7 Å². The number of aliphatic imine (C=N–C) groups is 1. The van der Waals surface area contributed by atoms with Gasteiger partial charge in [-0.15, -0.1) is 0 Å². The standard InChI is InChI=1S/C64H34N8O8/c73-57-37-29-35(45-47-43(37)49(61(77)69(57)31-17-5-1-6-18-31)53-55(67-41-27-15-13-25-39(41)65-53)51(47)63(79)71(59(45)75)33-21-9-3-10-22-33)36-30-38-44-48-46(36)60(76)72(34-23-11-4-12-24-34)64(80)52(48)56-54(66-40-26-14-16-28-42(40)68-56)50(44)62(78)70(58(38)74)32-19-7-2-8-20-32/h1-30,37,54,66-67H. The van der Waals surface area contributed by atoms with Crippen LogP contribution in [0.5, 0.6) is 0 Å². The molecule has 16 nitrogen and oxygen atoms in total. The lowest BCUT2D eigenvalue weighted by molar-refractivity contribution is -0.118. The number of pyridine rings is 1. The third kappa shape index (κ3) is 5.81. The van der Waals surface area contributed by atoms with Crippen LogP contribution in [0.25, 0.3) is 55.2 Å². The predicted octanol–water partition coefficient (Wildman–Crippen LogP) is 7.35. The number of nitrogens with zero attached hydrogens (tertiary/aromatic N) is 6. The van der Waals surface area contributed by atoms with Gasteiger partial charge in [-0.05, 0) is 95.6 Å². The molecule has 6 heterocycles. The average molecular weight is 1040 g/mol. The number of rotatable bonds is 5. The van der Waals surface area contributed by atoms with Gasteiger partial charge in [0, 0.05) is 21.4 Å². The number of fused-ring (bicyclic) bond motifs is 8. The van der Waals surface area contributed by atoms with Crippen molar-refractivity contribution in [3.63, 3.8) is 0 Å². The van der Waals surface area contributed by atoms with E-state index in [4.69, 9.17) is 9.98 Å². The topological polar surface area (TPSA) is 204 Å². The molecule has 2 atom stereocenters. The fraction of sp³-hybridized carbons (Fsp3) is 0.0312. The summed E-state index contributed by atoms with van der Waals surface area (Å²) in [6, 6.07) is 47.7. The Morgan fingerprint density at radius 1 is 0.487 bits per heavy atom. The molecule has 0 spiro atoms. The summed E-state index contributed by atoms with van der Waals surface area (Å²) in [6.45, 7) is 0. The number of nitrogens with one attached hydrogen (secondary N) is 2. The Morgan fingerprint density at radius 2 is 1.07 bits per heavy atom. The van der Waals surface area contributed by atoms with Crippen molar-refractivity contribution in [3.8, 4) is 5.69 Å². The molecule has 4 aliphatic heterocycles. The number of aromatic amines is 1. The Kier molecular flexibility index (Phi) is 9.07. The molecule has 6 aliphatic rings. The molecule has 80 heavy (non-hydrogen) atoms. The van der Waals surface area contributed by atoms with Crippen molar-refractivity contribution in [2.75, 3.05) is 20.0 Å². The third-order valence-corrected chi connectivity index (χ3v) is 16.0. The highest BCUT2D eigenvalue weighted by molar-refractivity contribution is 6.57. The van der Waals surface area contributed by atoms with Crippen LogP contribution in [-0.2, 0) is 14.4 Å². The second kappa shape index (κ2) is 16.1. The fourth-order valence-electron chi connectivity index (χ4n) is 12.7. The van der Waals surface area contributed by atoms with E-state index >= 15 is 38.4 Å². The second-order valence-corrected chi connectivity index (χ2v) is 20.1. The molecule has 0 bridgehead atoms. The van der Waals surface area contributed by atoms with E-state index in [1.54, 1.807) is 170 Å². The SMILES string of the molecule is O=C1C2=c3c(cc(C4=CC5C(=O)N(c6ccccc6)C(=O)c6c5c5c4c(=O)n(-c4ccccc4)c(=O)c5c4[nH]c5ccccc5nc64)c4c3=C(C(=O)N(c3ccccc3)C4=O)C3=Nc4ccccc4NC32)C(=O)N1c1ccccc1. The molecule has 0 fully saturated rings. The Balaban J connectivity index is 1.12. The lowest BCUT2D eigenvalue weighted by Crippen LogP contribution is -2.63. The molecule has 378 valence electrons. The van der Waals surface area contributed by atoms with Gasteiger partial charge >= 0.3 is 0 Å². The van der Waals surface area contributed by atoms with Crippen LogP contribution in [0.15, 0.2) is 197 Å². The number of imide groups is 3. The van der Waals surface area contributed by atoms with Gasteiger partial charge in [0.25, 0.3) is 40.7 Å². The number of carbonyl (C=O) groups is 6. The number of hydrogen-bond donors (Lipinski definition) is 2. The molecule has 2 N–H and O–H groups in total. The van der Waals surface area contributed by atoms with Gasteiger partial charge in [0.15, 0.2) is 0 Å².